The van der Waals surface area contributed by atoms with Crippen LogP contribution in [0.5, 0.6) is 0 Å². The Labute approximate surface area is 160 Å². The lowest BCUT2D eigenvalue weighted by molar-refractivity contribution is -0.132. The molecule has 1 unspecified atom stereocenters. The van der Waals surface area contributed by atoms with Crippen molar-refractivity contribution in [1.82, 2.24) is 9.55 Å². The van der Waals surface area contributed by atoms with E-state index in [0.29, 0.717) is 12.0 Å². The van der Waals surface area contributed by atoms with Crippen molar-refractivity contribution in [2.45, 2.75) is 18.9 Å². The van der Waals surface area contributed by atoms with Crippen LogP contribution in [0.25, 0.3) is 6.08 Å². The van der Waals surface area contributed by atoms with Gasteiger partial charge < -0.3 is 14.8 Å². The molecule has 0 aliphatic heterocycles. The molecule has 0 saturated carbocycles. The van der Waals surface area contributed by atoms with E-state index in [9.17, 15) is 9.90 Å². The third-order valence-electron chi connectivity index (χ3n) is 4.31. The van der Waals surface area contributed by atoms with Crippen LogP contribution in [0.2, 0.25) is 0 Å². The first-order valence-electron chi connectivity index (χ1n) is 8.30. The third kappa shape index (κ3) is 4.15. The zero-order chi connectivity index (χ0) is 19.2. The molecule has 138 valence electrons. The van der Waals surface area contributed by atoms with E-state index in [1.165, 1.54) is 16.0 Å². The minimum atomic E-state index is -0.815. The normalized spacial score (nSPS) is 13.6. The molecule has 0 radical (unpaired) electrons. The molecule has 2 N–H and O–H groups in total. The summed E-state index contributed by atoms with van der Waals surface area (Å²) >= 11 is 1.67. The van der Waals surface area contributed by atoms with Gasteiger partial charge in [0.1, 0.15) is 0 Å². The SMILES string of the molecule is O=C(O)C1=Cc2sc(C(c3ccccc3)n3ccnc3)cc2CC1.O=CO. The fourth-order valence-corrected chi connectivity index (χ4v) is 4.44. The average molecular weight is 382 g/mol. The van der Waals surface area contributed by atoms with Crippen LogP contribution in [0, 0.1) is 0 Å². The van der Waals surface area contributed by atoms with Gasteiger partial charge in [-0.3, -0.25) is 4.79 Å². The summed E-state index contributed by atoms with van der Waals surface area (Å²) in [7, 11) is 0. The Morgan fingerprint density at radius 3 is 2.63 bits per heavy atom. The predicted molar refractivity (Wildman–Crippen MR) is 103 cm³/mol. The second-order valence-corrected chi connectivity index (χ2v) is 7.06. The van der Waals surface area contributed by atoms with Crippen LogP contribution >= 0.6 is 11.3 Å². The van der Waals surface area contributed by atoms with E-state index in [2.05, 4.69) is 27.8 Å². The van der Waals surface area contributed by atoms with Gasteiger partial charge >= 0.3 is 5.97 Å². The van der Waals surface area contributed by atoms with Crippen molar-refractivity contribution in [2.75, 3.05) is 0 Å². The van der Waals surface area contributed by atoms with Crippen molar-refractivity contribution in [3.8, 4) is 0 Å². The van der Waals surface area contributed by atoms with Gasteiger partial charge in [-0.25, -0.2) is 9.78 Å². The Morgan fingerprint density at radius 2 is 2.00 bits per heavy atom. The number of benzene rings is 1. The van der Waals surface area contributed by atoms with E-state index in [4.69, 9.17) is 9.90 Å². The summed E-state index contributed by atoms with van der Waals surface area (Å²) in [5, 5.41) is 16.1. The molecule has 1 aromatic carbocycles. The first kappa shape index (κ1) is 18.6. The number of hydrogen-bond donors (Lipinski definition) is 2. The summed E-state index contributed by atoms with van der Waals surface area (Å²) in [4.78, 5) is 26.1. The molecular weight excluding hydrogens is 364 g/mol. The molecule has 27 heavy (non-hydrogen) atoms. The lowest BCUT2D eigenvalue weighted by Gasteiger charge is -2.17. The Hall–Kier alpha value is -3.19. The van der Waals surface area contributed by atoms with Crippen LogP contribution in [-0.4, -0.2) is 32.2 Å². The van der Waals surface area contributed by atoms with Gasteiger partial charge in [-0.15, -0.1) is 11.3 Å². The Bertz CT molecular complexity index is 946. The molecule has 7 heteroatoms. The zero-order valence-corrected chi connectivity index (χ0v) is 15.2. The fourth-order valence-electron chi connectivity index (χ4n) is 3.13. The number of carboxylic acids is 1. The number of imidazole rings is 1. The minimum absolute atomic E-state index is 0.0611. The molecule has 4 rings (SSSR count). The third-order valence-corrected chi connectivity index (χ3v) is 5.49. The molecule has 0 saturated heterocycles. The number of carbonyl (C=O) groups is 2. The van der Waals surface area contributed by atoms with Gasteiger partial charge in [0.25, 0.3) is 6.47 Å². The largest absolute Gasteiger partial charge is 0.483 e. The number of nitrogens with zero attached hydrogens (tertiary/aromatic N) is 2. The van der Waals surface area contributed by atoms with Crippen LogP contribution in [0.1, 0.15) is 33.3 Å². The minimum Gasteiger partial charge on any atom is -0.483 e. The van der Waals surface area contributed by atoms with Crippen LogP contribution in [0.4, 0.5) is 0 Å². The molecule has 3 aromatic rings. The summed E-state index contributed by atoms with van der Waals surface area (Å²) < 4.78 is 2.09. The monoisotopic (exact) mass is 382 g/mol. The molecule has 0 bridgehead atoms. The second kappa shape index (κ2) is 8.46. The number of aliphatic carboxylic acids is 1. The van der Waals surface area contributed by atoms with Gasteiger partial charge in [0.05, 0.1) is 12.4 Å². The maximum Gasteiger partial charge on any atom is 0.331 e. The van der Waals surface area contributed by atoms with Gasteiger partial charge in [-0.2, -0.15) is 0 Å². The van der Waals surface area contributed by atoms with Crippen LogP contribution in [0.3, 0.4) is 0 Å². The summed E-state index contributed by atoms with van der Waals surface area (Å²) in [6, 6.07) is 12.6. The number of rotatable bonds is 4. The average Bonchev–Trinajstić information content (AvgIpc) is 3.33. The molecule has 1 aliphatic carbocycles. The highest BCUT2D eigenvalue weighted by atomic mass is 32.1. The molecule has 1 aliphatic rings. The molecule has 6 nitrogen and oxygen atoms in total. The second-order valence-electron chi connectivity index (χ2n) is 5.94. The Morgan fingerprint density at radius 1 is 1.26 bits per heavy atom. The number of aromatic nitrogens is 2. The number of carboxylic acid groups (broad SMARTS) is 2. The summed E-state index contributed by atoms with van der Waals surface area (Å²) in [6.07, 6.45) is 8.79. The summed E-state index contributed by atoms with van der Waals surface area (Å²) in [5.74, 6) is -0.815. The Kier molecular flexibility index (Phi) is 5.83. The van der Waals surface area contributed by atoms with Crippen molar-refractivity contribution in [1.29, 1.82) is 0 Å². The lowest BCUT2D eigenvalue weighted by Crippen LogP contribution is -2.08. The molecule has 2 heterocycles. The fraction of sp³-hybridized carbons (Fsp3) is 0.150. The van der Waals surface area contributed by atoms with E-state index in [-0.39, 0.29) is 12.5 Å². The van der Waals surface area contributed by atoms with Crippen LogP contribution in [-0.2, 0) is 16.0 Å². The Balaban J connectivity index is 0.000000659. The van der Waals surface area contributed by atoms with E-state index < -0.39 is 5.97 Å². The van der Waals surface area contributed by atoms with Crippen molar-refractivity contribution in [3.63, 3.8) is 0 Å². The van der Waals surface area contributed by atoms with Gasteiger partial charge in [0.2, 0.25) is 0 Å². The van der Waals surface area contributed by atoms with Gasteiger partial charge in [-0.05, 0) is 36.1 Å². The smallest absolute Gasteiger partial charge is 0.331 e. The van der Waals surface area contributed by atoms with Crippen molar-refractivity contribution in [2.24, 2.45) is 0 Å². The van der Waals surface area contributed by atoms with Crippen LogP contribution < -0.4 is 0 Å². The number of hydrogen-bond acceptors (Lipinski definition) is 4. The maximum absolute atomic E-state index is 11.2. The van der Waals surface area contributed by atoms with E-state index in [1.807, 2.05) is 36.8 Å². The molecular formula is C20H18N2O4S. The van der Waals surface area contributed by atoms with E-state index in [0.717, 1.165) is 11.3 Å². The number of thiophene rings is 1. The number of fused-ring (bicyclic) bond motifs is 1. The highest BCUT2D eigenvalue weighted by Crippen LogP contribution is 2.38. The van der Waals surface area contributed by atoms with Crippen molar-refractivity contribution in [3.05, 3.63) is 81.6 Å². The standard InChI is InChI=1S/C19H16N2O2S.CH2O2/c22-19(23)15-7-6-14-10-17(24-16(14)11-15)18(21-9-8-20-12-21)13-4-2-1-3-5-13;2-1-3/h1-5,8-12,18H,6-7H2,(H,22,23);1H,(H,2,3). The van der Waals surface area contributed by atoms with Gasteiger partial charge in [0.15, 0.2) is 0 Å². The van der Waals surface area contributed by atoms with E-state index in [1.54, 1.807) is 17.5 Å². The highest BCUT2D eigenvalue weighted by Gasteiger charge is 2.23. The van der Waals surface area contributed by atoms with Crippen molar-refractivity contribution >= 4 is 29.9 Å². The lowest BCUT2D eigenvalue weighted by atomic mass is 9.97. The predicted octanol–water partition coefficient (Wildman–Crippen LogP) is 3.70. The van der Waals surface area contributed by atoms with Crippen LogP contribution in [0.15, 0.2) is 60.7 Å². The highest BCUT2D eigenvalue weighted by molar-refractivity contribution is 7.13. The van der Waals surface area contributed by atoms with Gasteiger partial charge in [-0.1, -0.05) is 30.3 Å². The van der Waals surface area contributed by atoms with Gasteiger partial charge in [0, 0.05) is 27.7 Å². The summed E-state index contributed by atoms with van der Waals surface area (Å²) in [6.45, 7) is -0.250. The molecule has 0 fully saturated rings. The maximum atomic E-state index is 11.2. The molecule has 2 aromatic heterocycles. The molecule has 1 atom stereocenters. The van der Waals surface area contributed by atoms with E-state index >= 15 is 0 Å². The first-order chi connectivity index (χ1) is 13.1. The molecule has 0 amide bonds. The quantitative estimate of drug-likeness (QED) is 0.671. The summed E-state index contributed by atoms with van der Waals surface area (Å²) in [5.41, 5.74) is 2.92. The first-order valence-corrected chi connectivity index (χ1v) is 9.12. The topological polar surface area (TPSA) is 92.4 Å². The zero-order valence-electron chi connectivity index (χ0n) is 14.4. The number of aryl methyl sites for hydroxylation is 1. The molecule has 0 spiro atoms. The van der Waals surface area contributed by atoms with Crippen molar-refractivity contribution < 1.29 is 19.8 Å².